The van der Waals surface area contributed by atoms with Crippen molar-refractivity contribution >= 4 is 17.6 Å². The smallest absolute Gasteiger partial charge is 0.126 e. The Kier molecular flexibility index (Phi) is 2.17. The minimum absolute atomic E-state index is 0.638. The van der Waals surface area contributed by atoms with E-state index in [4.69, 9.17) is 5.73 Å². The third kappa shape index (κ3) is 1.50. The van der Waals surface area contributed by atoms with Crippen molar-refractivity contribution in [2.24, 2.45) is 0 Å². The molecular formula is C12H13N3S. The van der Waals surface area contributed by atoms with E-state index in [-0.39, 0.29) is 0 Å². The number of benzene rings is 1. The number of aromatic amines is 1. The van der Waals surface area contributed by atoms with Gasteiger partial charge in [-0.2, -0.15) is 5.10 Å². The monoisotopic (exact) mass is 231 g/mol. The van der Waals surface area contributed by atoms with Crippen molar-refractivity contribution in [2.75, 3.05) is 5.73 Å². The summed E-state index contributed by atoms with van der Waals surface area (Å²) in [4.78, 5) is 1.40. The van der Waals surface area contributed by atoms with E-state index in [0.717, 1.165) is 17.5 Å². The molecule has 1 aromatic heterocycles. The van der Waals surface area contributed by atoms with Gasteiger partial charge in [-0.15, -0.1) is 11.8 Å². The predicted molar refractivity (Wildman–Crippen MR) is 67.5 cm³/mol. The molecule has 0 aliphatic carbocycles. The van der Waals surface area contributed by atoms with Gasteiger partial charge in [0.1, 0.15) is 5.82 Å². The van der Waals surface area contributed by atoms with Gasteiger partial charge in [0.05, 0.1) is 6.20 Å². The topological polar surface area (TPSA) is 54.7 Å². The molecule has 0 spiro atoms. The minimum Gasteiger partial charge on any atom is -0.384 e. The third-order valence-corrected chi connectivity index (χ3v) is 4.10. The fourth-order valence-corrected chi connectivity index (χ4v) is 3.25. The average molecular weight is 231 g/mol. The van der Waals surface area contributed by atoms with Gasteiger partial charge in [-0.3, -0.25) is 5.10 Å². The second kappa shape index (κ2) is 3.56. The Hall–Kier alpha value is -1.42. The Balaban J connectivity index is 2.06. The maximum atomic E-state index is 5.82. The molecule has 0 fully saturated rings. The van der Waals surface area contributed by atoms with E-state index in [1.54, 1.807) is 6.20 Å². The molecule has 0 saturated heterocycles. The molecule has 1 aromatic carbocycles. The normalized spacial score (nSPS) is 18.7. The van der Waals surface area contributed by atoms with Crippen molar-refractivity contribution in [1.29, 1.82) is 0 Å². The van der Waals surface area contributed by atoms with Gasteiger partial charge < -0.3 is 5.73 Å². The fourth-order valence-electron chi connectivity index (χ4n) is 2.12. The van der Waals surface area contributed by atoms with Crippen molar-refractivity contribution in [1.82, 2.24) is 10.2 Å². The van der Waals surface area contributed by atoms with Gasteiger partial charge in [0.2, 0.25) is 0 Å². The molecule has 0 radical (unpaired) electrons. The SMILES string of the molecule is CC1Cc2cc(-c3cn[nH]c3N)ccc2S1. The molecule has 16 heavy (non-hydrogen) atoms. The third-order valence-electron chi connectivity index (χ3n) is 2.88. The molecule has 1 aliphatic heterocycles. The molecule has 0 amide bonds. The zero-order chi connectivity index (χ0) is 11.1. The Bertz CT molecular complexity index is 533. The number of nitrogens with one attached hydrogen (secondary N) is 1. The summed E-state index contributed by atoms with van der Waals surface area (Å²) < 4.78 is 0. The molecule has 1 atom stereocenters. The Morgan fingerprint density at radius 3 is 3.12 bits per heavy atom. The van der Waals surface area contributed by atoms with Gasteiger partial charge in [0, 0.05) is 15.7 Å². The van der Waals surface area contributed by atoms with Crippen LogP contribution in [-0.2, 0) is 6.42 Å². The van der Waals surface area contributed by atoms with E-state index in [2.05, 4.69) is 35.3 Å². The lowest BCUT2D eigenvalue weighted by molar-refractivity contribution is 0.960. The highest BCUT2D eigenvalue weighted by Gasteiger charge is 2.19. The van der Waals surface area contributed by atoms with Crippen LogP contribution in [0.5, 0.6) is 0 Å². The van der Waals surface area contributed by atoms with Crippen molar-refractivity contribution < 1.29 is 0 Å². The number of nitrogens with zero attached hydrogens (tertiary/aromatic N) is 1. The van der Waals surface area contributed by atoms with Gasteiger partial charge in [-0.25, -0.2) is 0 Å². The lowest BCUT2D eigenvalue weighted by Crippen LogP contribution is -1.92. The molecule has 3 nitrogen and oxygen atoms in total. The number of nitrogens with two attached hydrogens (primary N) is 1. The summed E-state index contributed by atoms with van der Waals surface area (Å²) >= 11 is 1.95. The molecule has 1 unspecified atom stereocenters. The van der Waals surface area contributed by atoms with E-state index in [9.17, 15) is 0 Å². The molecule has 0 saturated carbocycles. The maximum absolute atomic E-state index is 5.82. The largest absolute Gasteiger partial charge is 0.384 e. The van der Waals surface area contributed by atoms with Gasteiger partial charge in [-0.05, 0) is 29.7 Å². The highest BCUT2D eigenvalue weighted by atomic mass is 32.2. The van der Waals surface area contributed by atoms with Crippen molar-refractivity contribution in [3.05, 3.63) is 30.0 Å². The summed E-state index contributed by atoms with van der Waals surface area (Å²) in [6.07, 6.45) is 2.92. The lowest BCUT2D eigenvalue weighted by Gasteiger charge is -2.02. The van der Waals surface area contributed by atoms with Crippen molar-refractivity contribution in [3.8, 4) is 11.1 Å². The van der Waals surface area contributed by atoms with Crippen molar-refractivity contribution in [2.45, 2.75) is 23.5 Å². The summed E-state index contributed by atoms with van der Waals surface area (Å²) in [5.41, 5.74) is 9.39. The number of anilines is 1. The molecule has 82 valence electrons. The standard InChI is InChI=1S/C12H13N3S/c1-7-4-9-5-8(2-3-11(9)16-7)10-6-14-15-12(10)13/h2-3,5-7H,4H2,1H3,(H3,13,14,15). The van der Waals surface area contributed by atoms with Crippen LogP contribution in [0.2, 0.25) is 0 Å². The first-order chi connectivity index (χ1) is 7.74. The number of fused-ring (bicyclic) bond motifs is 1. The second-order valence-corrected chi connectivity index (χ2v) is 5.63. The van der Waals surface area contributed by atoms with Crippen LogP contribution in [0.4, 0.5) is 5.82 Å². The quantitative estimate of drug-likeness (QED) is 0.793. The molecule has 0 bridgehead atoms. The van der Waals surface area contributed by atoms with Crippen LogP contribution in [-0.4, -0.2) is 15.4 Å². The number of nitrogen functional groups attached to an aromatic ring is 1. The van der Waals surface area contributed by atoms with Crippen LogP contribution in [0, 0.1) is 0 Å². The zero-order valence-corrected chi connectivity index (χ0v) is 9.84. The highest BCUT2D eigenvalue weighted by molar-refractivity contribution is 8.00. The molecule has 3 rings (SSSR count). The summed E-state index contributed by atoms with van der Waals surface area (Å²) in [6.45, 7) is 2.26. The summed E-state index contributed by atoms with van der Waals surface area (Å²) in [5.74, 6) is 0.638. The molecule has 3 N–H and O–H groups in total. The first-order valence-corrected chi connectivity index (χ1v) is 6.21. The van der Waals surface area contributed by atoms with Crippen LogP contribution >= 0.6 is 11.8 Å². The summed E-state index contributed by atoms with van der Waals surface area (Å²) in [6, 6.07) is 6.53. The van der Waals surface area contributed by atoms with Crippen LogP contribution in [0.15, 0.2) is 29.3 Å². The van der Waals surface area contributed by atoms with E-state index < -0.39 is 0 Å². The highest BCUT2D eigenvalue weighted by Crippen LogP contribution is 2.39. The fraction of sp³-hybridized carbons (Fsp3) is 0.250. The van der Waals surface area contributed by atoms with E-state index in [0.29, 0.717) is 11.1 Å². The van der Waals surface area contributed by atoms with Gasteiger partial charge in [-0.1, -0.05) is 13.0 Å². The van der Waals surface area contributed by atoms with Crippen LogP contribution in [0.1, 0.15) is 12.5 Å². The Morgan fingerprint density at radius 1 is 1.50 bits per heavy atom. The van der Waals surface area contributed by atoms with Crippen LogP contribution in [0.3, 0.4) is 0 Å². The number of thioether (sulfide) groups is 1. The lowest BCUT2D eigenvalue weighted by atomic mass is 10.0. The summed E-state index contributed by atoms with van der Waals surface area (Å²) in [5, 5.41) is 7.40. The number of hydrogen-bond acceptors (Lipinski definition) is 3. The molecule has 1 aliphatic rings. The number of aromatic nitrogens is 2. The first kappa shape index (κ1) is 9.78. The van der Waals surface area contributed by atoms with Gasteiger partial charge in [0.15, 0.2) is 0 Å². The zero-order valence-electron chi connectivity index (χ0n) is 9.03. The molecule has 2 aromatic rings. The molecule has 4 heteroatoms. The number of rotatable bonds is 1. The first-order valence-electron chi connectivity index (χ1n) is 5.33. The predicted octanol–water partition coefficient (Wildman–Crippen LogP) is 2.70. The Labute approximate surface area is 98.4 Å². The summed E-state index contributed by atoms with van der Waals surface area (Å²) in [7, 11) is 0. The molecule has 2 heterocycles. The van der Waals surface area contributed by atoms with E-state index in [1.165, 1.54) is 10.5 Å². The number of H-pyrrole nitrogens is 1. The van der Waals surface area contributed by atoms with Crippen LogP contribution < -0.4 is 5.73 Å². The maximum Gasteiger partial charge on any atom is 0.126 e. The average Bonchev–Trinajstić information content (AvgIpc) is 2.81. The minimum atomic E-state index is 0.638. The Morgan fingerprint density at radius 2 is 2.38 bits per heavy atom. The van der Waals surface area contributed by atoms with Crippen molar-refractivity contribution in [3.63, 3.8) is 0 Å². The second-order valence-electron chi connectivity index (χ2n) is 4.15. The van der Waals surface area contributed by atoms with Gasteiger partial charge >= 0.3 is 0 Å². The van der Waals surface area contributed by atoms with E-state index >= 15 is 0 Å². The van der Waals surface area contributed by atoms with Crippen LogP contribution in [0.25, 0.3) is 11.1 Å². The van der Waals surface area contributed by atoms with E-state index in [1.807, 2.05) is 11.8 Å². The van der Waals surface area contributed by atoms with Gasteiger partial charge in [0.25, 0.3) is 0 Å². The number of hydrogen-bond donors (Lipinski definition) is 2. The molecular weight excluding hydrogens is 218 g/mol.